The Bertz CT molecular complexity index is 868. The molecular formula is C22H24N4S. The summed E-state index contributed by atoms with van der Waals surface area (Å²) in [4.78, 5) is 19.3. The monoisotopic (exact) mass is 376 g/mol. The van der Waals surface area contributed by atoms with E-state index in [4.69, 9.17) is 9.98 Å². The van der Waals surface area contributed by atoms with Crippen LogP contribution >= 0.6 is 11.8 Å². The third-order valence-corrected chi connectivity index (χ3v) is 4.81. The van der Waals surface area contributed by atoms with Crippen LogP contribution in [0.3, 0.4) is 0 Å². The zero-order valence-corrected chi connectivity index (χ0v) is 16.7. The van der Waals surface area contributed by atoms with Gasteiger partial charge in [-0.15, -0.1) is 0 Å². The number of thioether (sulfide) groups is 1. The lowest BCUT2D eigenvalue weighted by Crippen LogP contribution is -2.12. The number of benzene rings is 1. The average Bonchev–Trinajstić information content (AvgIpc) is 2.65. The van der Waals surface area contributed by atoms with Crippen LogP contribution in [0, 0.1) is 5.92 Å². The van der Waals surface area contributed by atoms with E-state index in [0.717, 1.165) is 28.4 Å². The molecule has 1 aromatic carbocycles. The summed E-state index contributed by atoms with van der Waals surface area (Å²) in [5.41, 5.74) is 2.80. The molecule has 0 saturated heterocycles. The first-order chi connectivity index (χ1) is 13.1. The van der Waals surface area contributed by atoms with Gasteiger partial charge in [0.05, 0.1) is 17.1 Å². The minimum atomic E-state index is 0.262. The standard InChI is InChI=1S/C22H24N4S/c1-16(2)14-17(3)25-20-11-10-19(26-18-8-5-4-6-9-18)15-21(20)27-22-23-12-7-13-24-22/h4-13,15-17H,14H2,1-3H3. The van der Waals surface area contributed by atoms with E-state index in [1.807, 2.05) is 48.6 Å². The Morgan fingerprint density at radius 3 is 2.41 bits per heavy atom. The molecule has 1 aromatic heterocycles. The highest BCUT2D eigenvalue weighted by Crippen LogP contribution is 2.28. The molecule has 0 aliphatic heterocycles. The summed E-state index contributed by atoms with van der Waals surface area (Å²) >= 11 is 1.52. The van der Waals surface area contributed by atoms with E-state index in [1.165, 1.54) is 11.8 Å². The summed E-state index contributed by atoms with van der Waals surface area (Å²) in [5, 5.41) is 0.710. The zero-order chi connectivity index (χ0) is 19.1. The van der Waals surface area contributed by atoms with Crippen LogP contribution in [-0.4, -0.2) is 27.4 Å². The number of aromatic nitrogens is 2. The van der Waals surface area contributed by atoms with Crippen LogP contribution in [0.1, 0.15) is 27.2 Å². The summed E-state index contributed by atoms with van der Waals surface area (Å²) in [6.45, 7) is 6.61. The summed E-state index contributed by atoms with van der Waals surface area (Å²) < 4.78 is 0. The summed E-state index contributed by atoms with van der Waals surface area (Å²) in [5.74, 6) is 0.615. The molecule has 0 amide bonds. The lowest BCUT2D eigenvalue weighted by atomic mass is 10.1. The molecule has 3 rings (SSSR count). The number of nitrogens with zero attached hydrogens (tertiary/aromatic N) is 4. The number of aliphatic imine (C=N–C) groups is 2. The van der Waals surface area contributed by atoms with Gasteiger partial charge in [0.15, 0.2) is 5.16 Å². The maximum atomic E-state index is 4.93. The highest BCUT2D eigenvalue weighted by Gasteiger charge is 2.15. The highest BCUT2D eigenvalue weighted by atomic mass is 32.2. The van der Waals surface area contributed by atoms with E-state index in [0.29, 0.717) is 11.1 Å². The van der Waals surface area contributed by atoms with Crippen molar-refractivity contribution in [1.82, 2.24) is 9.97 Å². The molecule has 27 heavy (non-hydrogen) atoms. The van der Waals surface area contributed by atoms with Crippen LogP contribution in [-0.2, 0) is 0 Å². The van der Waals surface area contributed by atoms with Crippen LogP contribution in [0.5, 0.6) is 0 Å². The molecular weight excluding hydrogens is 352 g/mol. The maximum absolute atomic E-state index is 4.93. The predicted octanol–water partition coefficient (Wildman–Crippen LogP) is 5.67. The van der Waals surface area contributed by atoms with Crippen LogP contribution in [0.2, 0.25) is 0 Å². The molecule has 138 valence electrons. The summed E-state index contributed by atoms with van der Waals surface area (Å²) in [7, 11) is 0. The lowest BCUT2D eigenvalue weighted by molar-refractivity contribution is 0.522. The van der Waals surface area contributed by atoms with E-state index >= 15 is 0 Å². The molecule has 5 heteroatoms. The van der Waals surface area contributed by atoms with Crippen LogP contribution in [0.15, 0.2) is 87.1 Å². The Morgan fingerprint density at radius 2 is 1.70 bits per heavy atom. The molecule has 1 aliphatic carbocycles. The van der Waals surface area contributed by atoms with E-state index < -0.39 is 0 Å². The Hall–Kier alpha value is -2.53. The topological polar surface area (TPSA) is 50.5 Å². The van der Waals surface area contributed by atoms with Gasteiger partial charge in [0.2, 0.25) is 0 Å². The molecule has 1 unspecified atom stereocenters. The predicted molar refractivity (Wildman–Crippen MR) is 115 cm³/mol. The van der Waals surface area contributed by atoms with Crippen LogP contribution in [0.4, 0.5) is 5.69 Å². The molecule has 0 spiro atoms. The van der Waals surface area contributed by atoms with Gasteiger partial charge in [-0.25, -0.2) is 15.0 Å². The zero-order valence-electron chi connectivity index (χ0n) is 15.9. The van der Waals surface area contributed by atoms with E-state index in [9.17, 15) is 0 Å². The van der Waals surface area contributed by atoms with E-state index in [-0.39, 0.29) is 6.04 Å². The second-order valence-corrected chi connectivity index (χ2v) is 7.85. The fraction of sp³-hybridized carbons (Fsp3) is 0.273. The molecule has 1 aliphatic rings. The fourth-order valence-electron chi connectivity index (χ4n) is 2.82. The molecule has 0 N–H and O–H groups in total. The number of hydrogen-bond donors (Lipinski definition) is 0. The molecule has 0 radical (unpaired) electrons. The molecule has 1 heterocycles. The van der Waals surface area contributed by atoms with Crippen molar-refractivity contribution in [3.05, 3.63) is 71.9 Å². The van der Waals surface area contributed by atoms with Crippen LogP contribution < -0.4 is 0 Å². The number of hydrogen-bond acceptors (Lipinski definition) is 5. The van der Waals surface area contributed by atoms with Crippen molar-refractivity contribution < 1.29 is 0 Å². The summed E-state index contributed by atoms with van der Waals surface area (Å²) in [6.07, 6.45) is 10.7. The number of allylic oxidation sites excluding steroid dienone is 4. The Kier molecular flexibility index (Phi) is 6.71. The molecule has 0 saturated carbocycles. The van der Waals surface area contributed by atoms with Crippen molar-refractivity contribution in [2.45, 2.75) is 38.4 Å². The average molecular weight is 377 g/mol. The second-order valence-electron chi connectivity index (χ2n) is 6.84. The number of para-hydroxylation sites is 1. The van der Waals surface area contributed by atoms with Gasteiger partial charge in [0, 0.05) is 23.3 Å². The van der Waals surface area contributed by atoms with Gasteiger partial charge in [-0.05, 0) is 67.5 Å². The first-order valence-corrected chi connectivity index (χ1v) is 9.98. The van der Waals surface area contributed by atoms with Crippen LogP contribution in [0.25, 0.3) is 0 Å². The highest BCUT2D eigenvalue weighted by molar-refractivity contribution is 8.03. The molecule has 2 aromatic rings. The Balaban J connectivity index is 1.90. The third-order valence-electron chi connectivity index (χ3n) is 3.87. The minimum absolute atomic E-state index is 0.262. The SMILES string of the molecule is CC(C)CC(C)N=C1C=CC(=Nc2ccccc2)C=C1Sc1ncccn1. The lowest BCUT2D eigenvalue weighted by Gasteiger charge is -2.15. The molecule has 0 bridgehead atoms. The third kappa shape index (κ3) is 6.00. The first kappa shape index (κ1) is 19.2. The van der Waals surface area contributed by atoms with Gasteiger partial charge in [0.1, 0.15) is 0 Å². The van der Waals surface area contributed by atoms with Crippen molar-refractivity contribution in [3.63, 3.8) is 0 Å². The number of rotatable bonds is 6. The van der Waals surface area contributed by atoms with Crippen molar-refractivity contribution in [2.75, 3.05) is 0 Å². The van der Waals surface area contributed by atoms with Gasteiger partial charge >= 0.3 is 0 Å². The van der Waals surface area contributed by atoms with Crippen molar-refractivity contribution in [1.29, 1.82) is 0 Å². The maximum Gasteiger partial charge on any atom is 0.192 e. The first-order valence-electron chi connectivity index (χ1n) is 9.16. The Labute approximate surface area is 165 Å². The Morgan fingerprint density at radius 1 is 0.963 bits per heavy atom. The van der Waals surface area contributed by atoms with Gasteiger partial charge in [-0.1, -0.05) is 32.0 Å². The quantitative estimate of drug-likeness (QED) is 0.482. The van der Waals surface area contributed by atoms with Crippen molar-refractivity contribution in [3.8, 4) is 0 Å². The van der Waals surface area contributed by atoms with Gasteiger partial charge < -0.3 is 0 Å². The molecule has 1 atom stereocenters. The molecule has 4 nitrogen and oxygen atoms in total. The normalized spacial score (nSPS) is 18.1. The van der Waals surface area contributed by atoms with Crippen molar-refractivity contribution >= 4 is 28.9 Å². The summed E-state index contributed by atoms with van der Waals surface area (Å²) in [6, 6.07) is 12.0. The second kappa shape index (κ2) is 9.42. The largest absolute Gasteiger partial charge is 0.281 e. The van der Waals surface area contributed by atoms with E-state index in [2.05, 4.69) is 36.8 Å². The molecule has 0 fully saturated rings. The van der Waals surface area contributed by atoms with Gasteiger partial charge in [0.25, 0.3) is 0 Å². The van der Waals surface area contributed by atoms with Gasteiger partial charge in [-0.3, -0.25) is 4.99 Å². The smallest absolute Gasteiger partial charge is 0.192 e. The van der Waals surface area contributed by atoms with Crippen molar-refractivity contribution in [2.24, 2.45) is 15.9 Å². The van der Waals surface area contributed by atoms with Gasteiger partial charge in [-0.2, -0.15) is 0 Å². The van der Waals surface area contributed by atoms with E-state index in [1.54, 1.807) is 12.4 Å². The fourth-order valence-corrected chi connectivity index (χ4v) is 3.65. The minimum Gasteiger partial charge on any atom is -0.281 e.